The topological polar surface area (TPSA) is 114 Å². The van der Waals surface area contributed by atoms with Gasteiger partial charge in [-0.2, -0.15) is 0 Å². The van der Waals surface area contributed by atoms with Crippen LogP contribution in [0.15, 0.2) is 24.3 Å². The van der Waals surface area contributed by atoms with Crippen LogP contribution >= 0.6 is 0 Å². The molecule has 7 nitrogen and oxygen atoms in total. The van der Waals surface area contributed by atoms with Crippen LogP contribution < -0.4 is 5.73 Å². The number of hydrogen-bond acceptors (Lipinski definition) is 5. The molecule has 0 radical (unpaired) electrons. The minimum atomic E-state index is -0.710. The zero-order chi connectivity index (χ0) is 20.8. The van der Waals surface area contributed by atoms with Crippen molar-refractivity contribution in [1.29, 1.82) is 0 Å². The van der Waals surface area contributed by atoms with Gasteiger partial charge in [-0.15, -0.1) is 5.10 Å². The summed E-state index contributed by atoms with van der Waals surface area (Å²) in [6.07, 6.45) is 4.97. The van der Waals surface area contributed by atoms with E-state index in [0.717, 1.165) is 12.0 Å². The highest BCUT2D eigenvalue weighted by atomic mass is 16.3. The lowest BCUT2D eigenvalue weighted by Crippen LogP contribution is -2.21. The SMILES string of the molecule is CCCCCc1ccc(C#Cc2c(C(N)=O)nnn2[C@@H]2C[C@H](CO)C[C@H]2O)cc1. The largest absolute Gasteiger partial charge is 0.396 e. The van der Waals surface area contributed by atoms with Crippen LogP contribution in [0.1, 0.15) is 72.4 Å². The van der Waals surface area contributed by atoms with Crippen molar-refractivity contribution in [1.82, 2.24) is 15.0 Å². The van der Waals surface area contributed by atoms with Gasteiger partial charge in [0.2, 0.25) is 0 Å². The van der Waals surface area contributed by atoms with E-state index in [2.05, 4.69) is 41.2 Å². The molecule has 3 rings (SSSR count). The van der Waals surface area contributed by atoms with Crippen LogP contribution in [0.5, 0.6) is 0 Å². The van der Waals surface area contributed by atoms with Gasteiger partial charge in [-0.25, -0.2) is 4.68 Å². The molecular weight excluding hydrogens is 368 g/mol. The van der Waals surface area contributed by atoms with Gasteiger partial charge < -0.3 is 15.9 Å². The van der Waals surface area contributed by atoms with Gasteiger partial charge in [0.25, 0.3) is 5.91 Å². The van der Waals surface area contributed by atoms with Crippen molar-refractivity contribution < 1.29 is 15.0 Å². The predicted octanol–water partition coefficient (Wildman–Crippen LogP) is 1.81. The Bertz CT molecular complexity index is 895. The van der Waals surface area contributed by atoms with Crippen LogP contribution in [0.25, 0.3) is 0 Å². The highest BCUT2D eigenvalue weighted by molar-refractivity contribution is 5.92. The van der Waals surface area contributed by atoms with E-state index in [1.807, 2.05) is 12.1 Å². The fraction of sp³-hybridized carbons (Fsp3) is 0.500. The second-order valence-electron chi connectivity index (χ2n) is 7.65. The number of rotatable bonds is 7. The lowest BCUT2D eigenvalue weighted by atomic mass is 10.1. The van der Waals surface area contributed by atoms with Crippen molar-refractivity contribution in [3.8, 4) is 11.8 Å². The highest BCUT2D eigenvalue weighted by Gasteiger charge is 2.36. The first kappa shape index (κ1) is 21.0. The maximum absolute atomic E-state index is 11.8. The third-order valence-corrected chi connectivity index (χ3v) is 5.44. The molecule has 0 saturated heterocycles. The molecule has 1 aromatic heterocycles. The minimum absolute atomic E-state index is 0.00342. The number of aryl methyl sites for hydroxylation is 1. The van der Waals surface area contributed by atoms with E-state index < -0.39 is 18.1 Å². The second-order valence-corrected chi connectivity index (χ2v) is 7.65. The van der Waals surface area contributed by atoms with Crippen molar-refractivity contribution in [3.63, 3.8) is 0 Å². The Kier molecular flexibility index (Phi) is 7.02. The Morgan fingerprint density at radius 1 is 1.24 bits per heavy atom. The number of aromatic nitrogens is 3. The molecule has 1 aliphatic rings. The summed E-state index contributed by atoms with van der Waals surface area (Å²) in [4.78, 5) is 11.8. The standard InChI is InChI=1S/C22H28N4O3/c1-2-3-4-5-15-6-8-16(9-7-15)10-11-18-21(22(23)29)24-25-26(18)19-12-17(14-27)13-20(19)28/h6-9,17,19-20,27-28H,2-5,12-14H2,1H3,(H2,23,29)/t17-,19+,20+/m0/s1. The third-order valence-electron chi connectivity index (χ3n) is 5.44. The molecule has 1 aliphatic carbocycles. The molecule has 7 heteroatoms. The molecule has 1 fully saturated rings. The first-order chi connectivity index (χ1) is 14.0. The fourth-order valence-electron chi connectivity index (χ4n) is 3.78. The van der Waals surface area contributed by atoms with Crippen LogP contribution in [0.2, 0.25) is 0 Å². The van der Waals surface area contributed by atoms with E-state index in [1.165, 1.54) is 29.5 Å². The Hall–Kier alpha value is -2.69. The number of benzene rings is 1. The third kappa shape index (κ3) is 5.03. The Morgan fingerprint density at radius 3 is 2.62 bits per heavy atom. The number of primary amides is 1. The molecular formula is C22H28N4O3. The average molecular weight is 396 g/mol. The zero-order valence-corrected chi connectivity index (χ0v) is 16.7. The normalized spacial score (nSPS) is 21.0. The van der Waals surface area contributed by atoms with E-state index in [1.54, 1.807) is 0 Å². The quantitative estimate of drug-likeness (QED) is 0.488. The monoisotopic (exact) mass is 396 g/mol. The zero-order valence-electron chi connectivity index (χ0n) is 16.7. The summed E-state index contributed by atoms with van der Waals surface area (Å²) >= 11 is 0. The van der Waals surface area contributed by atoms with Crippen LogP contribution in [0.3, 0.4) is 0 Å². The lowest BCUT2D eigenvalue weighted by molar-refractivity contribution is 0.0994. The van der Waals surface area contributed by atoms with Crippen molar-refractivity contribution >= 4 is 5.91 Å². The molecule has 1 amide bonds. The molecule has 1 heterocycles. The maximum atomic E-state index is 11.8. The molecule has 1 saturated carbocycles. The van der Waals surface area contributed by atoms with Gasteiger partial charge in [-0.3, -0.25) is 4.79 Å². The number of hydrogen-bond donors (Lipinski definition) is 3. The van der Waals surface area contributed by atoms with Crippen LogP contribution in [0.4, 0.5) is 0 Å². The van der Waals surface area contributed by atoms with Crippen molar-refractivity contribution in [2.24, 2.45) is 11.7 Å². The van der Waals surface area contributed by atoms with Gasteiger partial charge in [0, 0.05) is 12.2 Å². The van der Waals surface area contributed by atoms with E-state index in [0.29, 0.717) is 18.5 Å². The summed E-state index contributed by atoms with van der Waals surface area (Å²) in [7, 11) is 0. The number of nitrogens with zero attached hydrogens (tertiary/aromatic N) is 3. The van der Waals surface area contributed by atoms with E-state index in [-0.39, 0.29) is 18.2 Å². The van der Waals surface area contributed by atoms with E-state index in [9.17, 15) is 15.0 Å². The van der Waals surface area contributed by atoms with Crippen molar-refractivity contribution in [2.75, 3.05) is 6.61 Å². The van der Waals surface area contributed by atoms with Gasteiger partial charge in [0.15, 0.2) is 5.69 Å². The molecule has 0 spiro atoms. The number of unbranched alkanes of at least 4 members (excludes halogenated alkanes) is 2. The molecule has 0 aliphatic heterocycles. The number of amides is 1. The molecule has 3 atom stereocenters. The molecule has 0 bridgehead atoms. The van der Waals surface area contributed by atoms with Crippen molar-refractivity contribution in [3.05, 3.63) is 46.8 Å². The summed E-state index contributed by atoms with van der Waals surface area (Å²) in [6, 6.07) is 7.66. The number of carbonyl (C=O) groups is 1. The fourth-order valence-corrected chi connectivity index (χ4v) is 3.78. The molecule has 0 unspecified atom stereocenters. The first-order valence-electron chi connectivity index (χ1n) is 10.2. The maximum Gasteiger partial charge on any atom is 0.272 e. The molecule has 29 heavy (non-hydrogen) atoms. The molecule has 1 aromatic carbocycles. The summed E-state index contributed by atoms with van der Waals surface area (Å²) in [6.45, 7) is 2.18. The van der Waals surface area contributed by atoms with Gasteiger partial charge in [-0.05, 0) is 55.2 Å². The van der Waals surface area contributed by atoms with Crippen molar-refractivity contribution in [2.45, 2.75) is 57.6 Å². The Balaban J connectivity index is 1.84. The summed E-state index contributed by atoms with van der Waals surface area (Å²) in [5, 5.41) is 27.7. The average Bonchev–Trinajstić information content (AvgIpc) is 3.30. The summed E-state index contributed by atoms with van der Waals surface area (Å²) in [5.41, 5.74) is 7.82. The highest BCUT2D eigenvalue weighted by Crippen LogP contribution is 2.35. The minimum Gasteiger partial charge on any atom is -0.396 e. The number of carbonyl (C=O) groups excluding carboxylic acids is 1. The van der Waals surface area contributed by atoms with Crippen LogP contribution in [-0.4, -0.2) is 43.8 Å². The number of aliphatic hydroxyl groups is 2. The van der Waals surface area contributed by atoms with Gasteiger partial charge >= 0.3 is 0 Å². The van der Waals surface area contributed by atoms with Gasteiger partial charge in [0.1, 0.15) is 5.69 Å². The second kappa shape index (κ2) is 9.68. The lowest BCUT2D eigenvalue weighted by Gasteiger charge is -2.15. The van der Waals surface area contributed by atoms with Crippen LogP contribution in [-0.2, 0) is 6.42 Å². The summed E-state index contributed by atoms with van der Waals surface area (Å²) < 4.78 is 1.48. The Labute approximate surface area is 170 Å². The molecule has 4 N–H and O–H groups in total. The van der Waals surface area contributed by atoms with Gasteiger partial charge in [0.05, 0.1) is 12.1 Å². The number of nitrogens with two attached hydrogens (primary N) is 1. The predicted molar refractivity (Wildman–Crippen MR) is 109 cm³/mol. The van der Waals surface area contributed by atoms with Gasteiger partial charge in [-0.1, -0.05) is 43.0 Å². The van der Waals surface area contributed by atoms with Crippen LogP contribution in [0, 0.1) is 17.8 Å². The first-order valence-corrected chi connectivity index (χ1v) is 10.2. The molecule has 2 aromatic rings. The summed E-state index contributed by atoms with van der Waals surface area (Å²) in [5.74, 6) is 5.30. The molecule has 154 valence electrons. The number of aliphatic hydroxyl groups excluding tert-OH is 2. The van der Waals surface area contributed by atoms with E-state index >= 15 is 0 Å². The smallest absolute Gasteiger partial charge is 0.272 e. The Morgan fingerprint density at radius 2 is 2.00 bits per heavy atom. The van der Waals surface area contributed by atoms with E-state index in [4.69, 9.17) is 5.73 Å².